The molecule has 0 amide bonds. The van der Waals surface area contributed by atoms with E-state index < -0.39 is 0 Å². The molecule has 0 aliphatic carbocycles. The van der Waals surface area contributed by atoms with Gasteiger partial charge in [-0.05, 0) is 49.8 Å². The standard InChI is InChI=1S/C15H23NOS/c1-15(2)14-6-5-13(18-4)11-12(14)7-8-16(15)9-10-17-3/h5-6,11H,7-10H2,1-4H3. The Hall–Kier alpha value is -0.510. The van der Waals surface area contributed by atoms with E-state index in [0.717, 1.165) is 26.1 Å². The Morgan fingerprint density at radius 1 is 1.39 bits per heavy atom. The van der Waals surface area contributed by atoms with E-state index >= 15 is 0 Å². The molecule has 1 aromatic rings. The Morgan fingerprint density at radius 2 is 2.17 bits per heavy atom. The number of thioether (sulfide) groups is 1. The second-order valence-electron chi connectivity index (χ2n) is 5.31. The molecule has 18 heavy (non-hydrogen) atoms. The van der Waals surface area contributed by atoms with Crippen molar-refractivity contribution in [2.24, 2.45) is 0 Å². The zero-order valence-corrected chi connectivity index (χ0v) is 12.6. The number of methoxy groups -OCH3 is 1. The van der Waals surface area contributed by atoms with Crippen LogP contribution in [0.15, 0.2) is 23.1 Å². The number of benzene rings is 1. The normalized spacial score (nSPS) is 18.7. The maximum absolute atomic E-state index is 5.22. The molecule has 100 valence electrons. The third-order valence-electron chi connectivity index (χ3n) is 3.98. The number of ether oxygens (including phenoxy) is 1. The lowest BCUT2D eigenvalue weighted by Gasteiger charge is -2.44. The summed E-state index contributed by atoms with van der Waals surface area (Å²) in [4.78, 5) is 3.90. The number of nitrogens with zero attached hydrogens (tertiary/aromatic N) is 1. The molecule has 0 atom stereocenters. The largest absolute Gasteiger partial charge is 0.383 e. The van der Waals surface area contributed by atoms with Crippen LogP contribution in [-0.4, -0.2) is 38.0 Å². The van der Waals surface area contributed by atoms with Crippen molar-refractivity contribution in [3.05, 3.63) is 29.3 Å². The molecule has 0 spiro atoms. The minimum atomic E-state index is 0.114. The second kappa shape index (κ2) is 5.64. The number of fused-ring (bicyclic) bond motifs is 1. The van der Waals surface area contributed by atoms with Gasteiger partial charge in [0.2, 0.25) is 0 Å². The average molecular weight is 265 g/mol. The fourth-order valence-corrected chi connectivity index (χ4v) is 3.26. The van der Waals surface area contributed by atoms with Crippen LogP contribution in [0, 0.1) is 0 Å². The summed E-state index contributed by atoms with van der Waals surface area (Å²) in [5, 5.41) is 0. The molecule has 0 saturated carbocycles. The predicted octanol–water partition coefficient (Wildman–Crippen LogP) is 3.15. The molecule has 1 aliphatic heterocycles. The number of hydrogen-bond acceptors (Lipinski definition) is 3. The monoisotopic (exact) mass is 265 g/mol. The summed E-state index contributed by atoms with van der Waals surface area (Å²) in [6.07, 6.45) is 3.29. The van der Waals surface area contributed by atoms with Crippen molar-refractivity contribution >= 4 is 11.8 Å². The highest BCUT2D eigenvalue weighted by atomic mass is 32.2. The first-order valence-electron chi connectivity index (χ1n) is 6.51. The van der Waals surface area contributed by atoms with Crippen molar-refractivity contribution in [2.45, 2.75) is 30.7 Å². The van der Waals surface area contributed by atoms with Gasteiger partial charge in [0.1, 0.15) is 0 Å². The van der Waals surface area contributed by atoms with Gasteiger partial charge < -0.3 is 4.74 Å². The Labute approximate surface area is 115 Å². The SMILES string of the molecule is COCCN1CCc2cc(SC)ccc2C1(C)C. The summed E-state index contributed by atoms with van der Waals surface area (Å²) in [7, 11) is 1.77. The first kappa shape index (κ1) is 13.9. The molecule has 3 heteroatoms. The quantitative estimate of drug-likeness (QED) is 0.776. The van der Waals surface area contributed by atoms with Crippen LogP contribution in [0.1, 0.15) is 25.0 Å². The summed E-state index contributed by atoms with van der Waals surface area (Å²) in [6.45, 7) is 7.58. The molecule has 0 fully saturated rings. The van der Waals surface area contributed by atoms with Crippen molar-refractivity contribution in [1.29, 1.82) is 0 Å². The highest BCUT2D eigenvalue weighted by Crippen LogP contribution is 2.36. The summed E-state index contributed by atoms with van der Waals surface area (Å²) in [5.41, 5.74) is 3.10. The zero-order chi connectivity index (χ0) is 13.2. The zero-order valence-electron chi connectivity index (χ0n) is 11.8. The number of hydrogen-bond donors (Lipinski definition) is 0. The van der Waals surface area contributed by atoms with Gasteiger partial charge in [-0.2, -0.15) is 0 Å². The van der Waals surface area contributed by atoms with E-state index in [1.807, 2.05) is 11.8 Å². The highest BCUT2D eigenvalue weighted by molar-refractivity contribution is 7.98. The topological polar surface area (TPSA) is 12.5 Å². The van der Waals surface area contributed by atoms with E-state index in [-0.39, 0.29) is 5.54 Å². The van der Waals surface area contributed by atoms with E-state index in [4.69, 9.17) is 4.74 Å². The van der Waals surface area contributed by atoms with E-state index in [9.17, 15) is 0 Å². The fraction of sp³-hybridized carbons (Fsp3) is 0.600. The molecule has 1 heterocycles. The van der Waals surface area contributed by atoms with Gasteiger partial charge in [0.05, 0.1) is 6.61 Å². The molecule has 0 radical (unpaired) electrons. The van der Waals surface area contributed by atoms with Crippen LogP contribution in [0.2, 0.25) is 0 Å². The van der Waals surface area contributed by atoms with Gasteiger partial charge in [0, 0.05) is 30.6 Å². The van der Waals surface area contributed by atoms with E-state index in [0.29, 0.717) is 0 Å². The van der Waals surface area contributed by atoms with Gasteiger partial charge in [-0.3, -0.25) is 4.90 Å². The minimum Gasteiger partial charge on any atom is -0.383 e. The van der Waals surface area contributed by atoms with Crippen LogP contribution in [-0.2, 0) is 16.7 Å². The molecule has 0 bridgehead atoms. The highest BCUT2D eigenvalue weighted by Gasteiger charge is 2.33. The maximum Gasteiger partial charge on any atom is 0.0589 e. The molecule has 0 unspecified atom stereocenters. The Balaban J connectivity index is 2.27. The Morgan fingerprint density at radius 3 is 2.83 bits per heavy atom. The summed E-state index contributed by atoms with van der Waals surface area (Å²) < 4.78 is 5.22. The summed E-state index contributed by atoms with van der Waals surface area (Å²) in [6, 6.07) is 6.90. The third-order valence-corrected chi connectivity index (χ3v) is 4.70. The average Bonchev–Trinajstić information content (AvgIpc) is 2.37. The number of rotatable bonds is 4. The molecule has 0 saturated heterocycles. The first-order valence-corrected chi connectivity index (χ1v) is 7.73. The lowest BCUT2D eigenvalue weighted by atomic mass is 9.83. The van der Waals surface area contributed by atoms with Crippen LogP contribution >= 0.6 is 11.8 Å². The Bertz CT molecular complexity index is 417. The smallest absolute Gasteiger partial charge is 0.0589 e. The predicted molar refractivity (Wildman–Crippen MR) is 78.4 cm³/mol. The lowest BCUT2D eigenvalue weighted by Crippen LogP contribution is -2.48. The van der Waals surface area contributed by atoms with Gasteiger partial charge in [-0.15, -0.1) is 11.8 Å². The second-order valence-corrected chi connectivity index (χ2v) is 6.19. The van der Waals surface area contributed by atoms with Gasteiger partial charge in [-0.25, -0.2) is 0 Å². The molecule has 1 aliphatic rings. The van der Waals surface area contributed by atoms with Crippen molar-refractivity contribution < 1.29 is 4.74 Å². The van der Waals surface area contributed by atoms with Crippen molar-refractivity contribution in [2.75, 3.05) is 33.1 Å². The minimum absolute atomic E-state index is 0.114. The van der Waals surface area contributed by atoms with Gasteiger partial charge in [0.15, 0.2) is 0 Å². The van der Waals surface area contributed by atoms with Crippen LogP contribution in [0.4, 0.5) is 0 Å². The first-order chi connectivity index (χ1) is 8.59. The van der Waals surface area contributed by atoms with Crippen LogP contribution in [0.3, 0.4) is 0 Å². The van der Waals surface area contributed by atoms with Gasteiger partial charge >= 0.3 is 0 Å². The van der Waals surface area contributed by atoms with E-state index in [1.54, 1.807) is 7.11 Å². The molecular weight excluding hydrogens is 242 g/mol. The van der Waals surface area contributed by atoms with Crippen molar-refractivity contribution in [3.8, 4) is 0 Å². The third kappa shape index (κ3) is 2.58. The summed E-state index contributed by atoms with van der Waals surface area (Å²) >= 11 is 1.82. The Kier molecular flexibility index (Phi) is 4.36. The van der Waals surface area contributed by atoms with Crippen LogP contribution in [0.5, 0.6) is 0 Å². The van der Waals surface area contributed by atoms with Gasteiger partial charge in [0.25, 0.3) is 0 Å². The molecule has 1 aromatic carbocycles. The van der Waals surface area contributed by atoms with Gasteiger partial charge in [-0.1, -0.05) is 6.07 Å². The maximum atomic E-state index is 5.22. The molecule has 0 N–H and O–H groups in total. The van der Waals surface area contributed by atoms with Crippen molar-refractivity contribution in [3.63, 3.8) is 0 Å². The van der Waals surface area contributed by atoms with Crippen molar-refractivity contribution in [1.82, 2.24) is 4.90 Å². The summed E-state index contributed by atoms with van der Waals surface area (Å²) in [5.74, 6) is 0. The lowest BCUT2D eigenvalue weighted by molar-refractivity contribution is 0.0676. The molecule has 2 rings (SSSR count). The molecular formula is C15H23NOS. The van der Waals surface area contributed by atoms with E-state index in [2.05, 4.69) is 43.2 Å². The van der Waals surface area contributed by atoms with Crippen LogP contribution < -0.4 is 0 Å². The fourth-order valence-electron chi connectivity index (χ4n) is 2.80. The van der Waals surface area contributed by atoms with E-state index in [1.165, 1.54) is 16.0 Å². The molecule has 0 aromatic heterocycles. The van der Waals surface area contributed by atoms with Crippen LogP contribution in [0.25, 0.3) is 0 Å². The molecule has 2 nitrogen and oxygen atoms in total.